The number of pyridine rings is 1. The number of hydrogen-bond acceptors (Lipinski definition) is 4. The van der Waals surface area contributed by atoms with E-state index < -0.39 is 0 Å². The van der Waals surface area contributed by atoms with Crippen LogP contribution >= 0.6 is 0 Å². The molecular formula is C23H27N3O3. The van der Waals surface area contributed by atoms with Gasteiger partial charge in [0.1, 0.15) is 11.9 Å². The number of carbonyl (C=O) groups excluding carboxylic acids is 2. The van der Waals surface area contributed by atoms with Crippen LogP contribution in [0, 0.1) is 0 Å². The Kier molecular flexibility index (Phi) is 5.51. The van der Waals surface area contributed by atoms with E-state index in [2.05, 4.69) is 11.1 Å². The molecule has 1 fully saturated rings. The second-order valence-corrected chi connectivity index (χ2v) is 7.75. The standard InChI is InChI=1S/C23H27N3O3/c1-3-21(27)26-11-5-7-18(15-26)29-19-12-17(13-24-14-19)20-8-4-6-16-9-10-22(28)25(2)23(16)20/h4,6,8,12-14,18H,3,5,7,9-11,15H2,1-2H3/t18-/m0/s1. The summed E-state index contributed by atoms with van der Waals surface area (Å²) in [5.41, 5.74) is 4.05. The summed E-state index contributed by atoms with van der Waals surface area (Å²) in [6.07, 6.45) is 7.21. The Morgan fingerprint density at radius 2 is 2.14 bits per heavy atom. The van der Waals surface area contributed by atoms with E-state index in [4.69, 9.17) is 4.74 Å². The fourth-order valence-corrected chi connectivity index (χ4v) is 4.26. The lowest BCUT2D eigenvalue weighted by molar-refractivity contribution is -0.133. The Labute approximate surface area is 171 Å². The smallest absolute Gasteiger partial charge is 0.227 e. The highest BCUT2D eigenvalue weighted by Crippen LogP contribution is 2.37. The maximum atomic E-state index is 12.2. The number of aromatic nitrogens is 1. The van der Waals surface area contributed by atoms with E-state index in [9.17, 15) is 9.59 Å². The first-order valence-corrected chi connectivity index (χ1v) is 10.3. The number of para-hydroxylation sites is 1. The molecule has 2 aromatic rings. The van der Waals surface area contributed by atoms with Gasteiger partial charge in [0.05, 0.1) is 18.4 Å². The molecule has 6 nitrogen and oxygen atoms in total. The SMILES string of the molecule is CCC(=O)N1CCC[C@H](Oc2cncc(-c3cccc4c3N(C)C(=O)CC4)c2)C1. The van der Waals surface area contributed by atoms with Crippen molar-refractivity contribution in [2.24, 2.45) is 0 Å². The van der Waals surface area contributed by atoms with Gasteiger partial charge in [-0.3, -0.25) is 14.6 Å². The van der Waals surface area contributed by atoms with Gasteiger partial charge >= 0.3 is 0 Å². The van der Waals surface area contributed by atoms with Gasteiger partial charge in [-0.05, 0) is 30.9 Å². The van der Waals surface area contributed by atoms with Crippen molar-refractivity contribution < 1.29 is 14.3 Å². The van der Waals surface area contributed by atoms with Gasteiger partial charge in [-0.1, -0.05) is 25.1 Å². The minimum atomic E-state index is -0.0229. The van der Waals surface area contributed by atoms with Crippen LogP contribution in [0.5, 0.6) is 5.75 Å². The zero-order valence-corrected chi connectivity index (χ0v) is 17.1. The highest BCUT2D eigenvalue weighted by Gasteiger charge is 2.26. The lowest BCUT2D eigenvalue weighted by Gasteiger charge is -2.33. The van der Waals surface area contributed by atoms with Gasteiger partial charge in [0.25, 0.3) is 0 Å². The molecule has 6 heteroatoms. The third-order valence-corrected chi connectivity index (χ3v) is 5.80. The van der Waals surface area contributed by atoms with Crippen molar-refractivity contribution >= 4 is 17.5 Å². The fourth-order valence-electron chi connectivity index (χ4n) is 4.26. The second kappa shape index (κ2) is 8.23. The van der Waals surface area contributed by atoms with Crippen LogP contribution in [0.4, 0.5) is 5.69 Å². The molecule has 0 bridgehead atoms. The molecule has 4 rings (SSSR count). The van der Waals surface area contributed by atoms with Crippen LogP contribution < -0.4 is 9.64 Å². The molecule has 0 radical (unpaired) electrons. The molecule has 152 valence electrons. The van der Waals surface area contributed by atoms with Crippen molar-refractivity contribution in [1.29, 1.82) is 0 Å². The molecule has 1 aromatic heterocycles. The summed E-state index contributed by atoms with van der Waals surface area (Å²) in [4.78, 5) is 32.3. The van der Waals surface area contributed by atoms with Crippen molar-refractivity contribution in [2.75, 3.05) is 25.0 Å². The number of piperidine rings is 1. The van der Waals surface area contributed by atoms with E-state index in [1.54, 1.807) is 11.1 Å². The highest BCUT2D eigenvalue weighted by molar-refractivity contribution is 6.00. The van der Waals surface area contributed by atoms with Crippen LogP contribution in [0.3, 0.4) is 0 Å². The van der Waals surface area contributed by atoms with Crippen LogP contribution in [-0.2, 0) is 16.0 Å². The molecule has 1 aromatic carbocycles. The maximum absolute atomic E-state index is 12.2. The molecule has 1 saturated heterocycles. The number of nitrogens with zero attached hydrogens (tertiary/aromatic N) is 3. The van der Waals surface area contributed by atoms with E-state index in [0.717, 1.165) is 42.6 Å². The number of rotatable bonds is 4. The summed E-state index contributed by atoms with van der Waals surface area (Å²) in [6, 6.07) is 8.12. The number of amides is 2. The molecule has 3 heterocycles. The molecule has 29 heavy (non-hydrogen) atoms. The van der Waals surface area contributed by atoms with E-state index >= 15 is 0 Å². The van der Waals surface area contributed by atoms with Gasteiger partial charge in [-0.15, -0.1) is 0 Å². The summed E-state index contributed by atoms with van der Waals surface area (Å²) >= 11 is 0. The maximum Gasteiger partial charge on any atom is 0.227 e. The van der Waals surface area contributed by atoms with Crippen LogP contribution in [0.15, 0.2) is 36.7 Å². The molecule has 0 saturated carbocycles. The van der Waals surface area contributed by atoms with Crippen molar-refractivity contribution in [3.63, 3.8) is 0 Å². The highest BCUT2D eigenvalue weighted by atomic mass is 16.5. The number of fused-ring (bicyclic) bond motifs is 1. The minimum Gasteiger partial charge on any atom is -0.487 e. The molecular weight excluding hydrogens is 366 g/mol. The van der Waals surface area contributed by atoms with Crippen molar-refractivity contribution in [1.82, 2.24) is 9.88 Å². The lowest BCUT2D eigenvalue weighted by atomic mass is 9.94. The Balaban J connectivity index is 1.58. The quantitative estimate of drug-likeness (QED) is 0.798. The first-order valence-electron chi connectivity index (χ1n) is 10.3. The number of benzene rings is 1. The van der Waals surface area contributed by atoms with Gasteiger partial charge in [0.2, 0.25) is 11.8 Å². The van der Waals surface area contributed by atoms with Crippen molar-refractivity contribution in [3.8, 4) is 16.9 Å². The Bertz CT molecular complexity index is 927. The summed E-state index contributed by atoms with van der Waals surface area (Å²) in [7, 11) is 1.83. The van der Waals surface area contributed by atoms with Gasteiger partial charge in [-0.25, -0.2) is 0 Å². The number of anilines is 1. The molecule has 2 aliphatic rings. The van der Waals surface area contributed by atoms with E-state index in [-0.39, 0.29) is 17.9 Å². The molecule has 0 aliphatic carbocycles. The van der Waals surface area contributed by atoms with Crippen LogP contribution in [0.2, 0.25) is 0 Å². The molecule has 1 atom stereocenters. The summed E-state index contributed by atoms with van der Waals surface area (Å²) in [6.45, 7) is 3.32. The number of carbonyl (C=O) groups is 2. The van der Waals surface area contributed by atoms with Gasteiger partial charge in [0, 0.05) is 43.8 Å². The Morgan fingerprint density at radius 3 is 2.97 bits per heavy atom. The average molecular weight is 393 g/mol. The van der Waals surface area contributed by atoms with Gasteiger partial charge in [0.15, 0.2) is 0 Å². The lowest BCUT2D eigenvalue weighted by Crippen LogP contribution is -2.44. The van der Waals surface area contributed by atoms with Gasteiger partial charge < -0.3 is 14.5 Å². The Morgan fingerprint density at radius 1 is 1.28 bits per heavy atom. The van der Waals surface area contributed by atoms with Crippen LogP contribution in [0.1, 0.15) is 38.2 Å². The first-order chi connectivity index (χ1) is 14.1. The van der Waals surface area contributed by atoms with Gasteiger partial charge in [-0.2, -0.15) is 0 Å². The summed E-state index contributed by atoms with van der Waals surface area (Å²) in [5.74, 6) is 1.00. The molecule has 2 amide bonds. The predicted octanol–water partition coefficient (Wildman–Crippen LogP) is 3.44. The molecule has 0 spiro atoms. The topological polar surface area (TPSA) is 62.7 Å². The molecule has 0 N–H and O–H groups in total. The van der Waals surface area contributed by atoms with E-state index in [1.807, 2.05) is 43.3 Å². The molecule has 2 aliphatic heterocycles. The van der Waals surface area contributed by atoms with Crippen molar-refractivity contribution in [3.05, 3.63) is 42.2 Å². The van der Waals surface area contributed by atoms with Crippen molar-refractivity contribution in [2.45, 2.75) is 45.1 Å². The van der Waals surface area contributed by atoms with Crippen LogP contribution in [-0.4, -0.2) is 47.9 Å². The zero-order chi connectivity index (χ0) is 20.4. The van der Waals surface area contributed by atoms with E-state index in [0.29, 0.717) is 25.1 Å². The summed E-state index contributed by atoms with van der Waals surface area (Å²) in [5, 5.41) is 0. The predicted molar refractivity (Wildman–Crippen MR) is 112 cm³/mol. The largest absolute Gasteiger partial charge is 0.487 e. The Hall–Kier alpha value is -2.89. The third kappa shape index (κ3) is 3.97. The second-order valence-electron chi connectivity index (χ2n) is 7.75. The normalized spacial score (nSPS) is 19.1. The number of likely N-dealkylation sites (tertiary alicyclic amines) is 1. The minimum absolute atomic E-state index is 0.0229. The summed E-state index contributed by atoms with van der Waals surface area (Å²) < 4.78 is 6.20. The first kappa shape index (κ1) is 19.4. The number of ether oxygens (including phenoxy) is 1. The molecule has 0 unspecified atom stereocenters. The zero-order valence-electron chi connectivity index (χ0n) is 17.1. The number of aryl methyl sites for hydroxylation is 1. The number of hydrogen-bond donors (Lipinski definition) is 0. The van der Waals surface area contributed by atoms with E-state index in [1.165, 1.54) is 5.56 Å². The fraction of sp³-hybridized carbons (Fsp3) is 0.435. The van der Waals surface area contributed by atoms with Crippen LogP contribution in [0.25, 0.3) is 11.1 Å². The average Bonchev–Trinajstić information content (AvgIpc) is 2.76. The third-order valence-electron chi connectivity index (χ3n) is 5.80. The monoisotopic (exact) mass is 393 g/mol.